The minimum absolute atomic E-state index is 0.212. The molecule has 6 heteroatoms. The first kappa shape index (κ1) is 13.5. The van der Waals surface area contributed by atoms with E-state index in [-0.39, 0.29) is 18.9 Å². The molecular formula is C13H14N2O3S. The molecule has 0 atom stereocenters. The first-order valence-corrected chi connectivity index (χ1v) is 6.58. The molecule has 0 aliphatic rings. The number of hydrogen-bond acceptors (Lipinski definition) is 5. The summed E-state index contributed by atoms with van der Waals surface area (Å²) in [5.74, 6) is -0.666. The molecular weight excluding hydrogens is 264 g/mol. The molecule has 0 fully saturated rings. The topological polar surface area (TPSA) is 81.4 Å². The highest BCUT2D eigenvalue weighted by Gasteiger charge is 2.20. The highest BCUT2D eigenvalue weighted by atomic mass is 32.1. The van der Waals surface area contributed by atoms with Gasteiger partial charge in [0.05, 0.1) is 12.8 Å². The highest BCUT2D eigenvalue weighted by Crippen LogP contribution is 2.36. The molecule has 0 aliphatic heterocycles. The molecule has 0 saturated heterocycles. The summed E-state index contributed by atoms with van der Waals surface area (Å²) < 4.78 is 5.67. The molecule has 0 spiro atoms. The third kappa shape index (κ3) is 2.74. The molecule has 0 aliphatic carbocycles. The Bertz CT molecular complexity index is 621. The molecule has 2 rings (SSSR count). The molecule has 100 valence electrons. The average Bonchev–Trinajstić information content (AvgIpc) is 2.77. The highest BCUT2D eigenvalue weighted by molar-refractivity contribution is 7.21. The second-order valence-corrected chi connectivity index (χ2v) is 4.93. The SMILES string of the molecule is COC(=O)c1sc2ccccc2c1NC(=O)CCN. The molecule has 1 amide bonds. The van der Waals surface area contributed by atoms with E-state index in [1.165, 1.54) is 18.4 Å². The van der Waals surface area contributed by atoms with Gasteiger partial charge in [0.1, 0.15) is 4.88 Å². The number of hydrogen-bond donors (Lipinski definition) is 2. The number of amides is 1. The van der Waals surface area contributed by atoms with E-state index in [9.17, 15) is 9.59 Å². The Morgan fingerprint density at radius 2 is 2.11 bits per heavy atom. The van der Waals surface area contributed by atoms with Crippen LogP contribution >= 0.6 is 11.3 Å². The quantitative estimate of drug-likeness (QED) is 0.838. The third-order valence-electron chi connectivity index (χ3n) is 2.60. The number of nitrogens with one attached hydrogen (secondary N) is 1. The number of rotatable bonds is 4. The van der Waals surface area contributed by atoms with Crippen molar-refractivity contribution >= 4 is 39.0 Å². The van der Waals surface area contributed by atoms with Crippen molar-refractivity contribution in [3.05, 3.63) is 29.1 Å². The summed E-state index contributed by atoms with van der Waals surface area (Å²) in [6.07, 6.45) is 0.213. The van der Waals surface area contributed by atoms with Crippen LogP contribution in [-0.4, -0.2) is 25.5 Å². The molecule has 0 bridgehead atoms. The number of esters is 1. The molecule has 0 unspecified atom stereocenters. The predicted molar refractivity (Wildman–Crippen MR) is 75.5 cm³/mol. The Labute approximate surface area is 114 Å². The zero-order chi connectivity index (χ0) is 13.8. The summed E-state index contributed by atoms with van der Waals surface area (Å²) in [7, 11) is 1.32. The van der Waals surface area contributed by atoms with Crippen LogP contribution in [-0.2, 0) is 9.53 Å². The molecule has 1 aromatic carbocycles. The second kappa shape index (κ2) is 5.81. The van der Waals surface area contributed by atoms with E-state index in [4.69, 9.17) is 10.5 Å². The fraction of sp³-hybridized carbons (Fsp3) is 0.231. The fourth-order valence-electron chi connectivity index (χ4n) is 1.74. The van der Waals surface area contributed by atoms with Gasteiger partial charge < -0.3 is 15.8 Å². The van der Waals surface area contributed by atoms with Crippen LogP contribution in [0.15, 0.2) is 24.3 Å². The molecule has 5 nitrogen and oxygen atoms in total. The molecule has 1 heterocycles. The Morgan fingerprint density at radius 1 is 1.37 bits per heavy atom. The number of benzene rings is 1. The minimum atomic E-state index is -0.454. The summed E-state index contributed by atoms with van der Waals surface area (Å²) in [6, 6.07) is 7.49. The molecule has 3 N–H and O–H groups in total. The molecule has 2 aromatic rings. The summed E-state index contributed by atoms with van der Waals surface area (Å²) in [5, 5.41) is 3.57. The van der Waals surface area contributed by atoms with Gasteiger partial charge in [-0.15, -0.1) is 11.3 Å². The van der Waals surface area contributed by atoms with Gasteiger partial charge in [-0.1, -0.05) is 18.2 Å². The Balaban J connectivity index is 2.48. The standard InChI is InChI=1S/C13H14N2O3S/c1-18-13(17)12-11(15-10(16)6-7-14)8-4-2-3-5-9(8)19-12/h2-5H,6-7,14H2,1H3,(H,15,16). The van der Waals surface area contributed by atoms with E-state index in [0.717, 1.165) is 10.1 Å². The largest absolute Gasteiger partial charge is 0.465 e. The van der Waals surface area contributed by atoms with Crippen molar-refractivity contribution in [1.29, 1.82) is 0 Å². The molecule has 19 heavy (non-hydrogen) atoms. The number of fused-ring (bicyclic) bond motifs is 1. The summed E-state index contributed by atoms with van der Waals surface area (Å²) in [6.45, 7) is 0.265. The lowest BCUT2D eigenvalue weighted by molar-refractivity contribution is -0.116. The second-order valence-electron chi connectivity index (χ2n) is 3.88. The van der Waals surface area contributed by atoms with Crippen molar-refractivity contribution in [3.63, 3.8) is 0 Å². The maximum atomic E-state index is 11.8. The average molecular weight is 278 g/mol. The minimum Gasteiger partial charge on any atom is -0.465 e. The van der Waals surface area contributed by atoms with Gasteiger partial charge >= 0.3 is 5.97 Å². The summed E-state index contributed by atoms with van der Waals surface area (Å²) in [5.41, 5.74) is 5.85. The first-order chi connectivity index (χ1) is 9.17. The van der Waals surface area contributed by atoms with E-state index in [1.54, 1.807) is 0 Å². The van der Waals surface area contributed by atoms with Crippen molar-refractivity contribution in [2.24, 2.45) is 5.73 Å². The van der Waals surface area contributed by atoms with Gasteiger partial charge in [-0.25, -0.2) is 4.79 Å². The predicted octanol–water partition coefficient (Wildman–Crippen LogP) is 1.98. The van der Waals surface area contributed by atoms with Gasteiger partial charge in [0.15, 0.2) is 0 Å². The van der Waals surface area contributed by atoms with Gasteiger partial charge in [0.2, 0.25) is 5.91 Å². The molecule has 1 aromatic heterocycles. The fourth-order valence-corrected chi connectivity index (χ4v) is 2.82. The zero-order valence-corrected chi connectivity index (χ0v) is 11.3. The molecule has 0 radical (unpaired) electrons. The number of thiophene rings is 1. The van der Waals surface area contributed by atoms with Crippen LogP contribution in [0.5, 0.6) is 0 Å². The van der Waals surface area contributed by atoms with Crippen LogP contribution in [0.1, 0.15) is 16.1 Å². The third-order valence-corrected chi connectivity index (χ3v) is 3.75. The van der Waals surface area contributed by atoms with Crippen molar-refractivity contribution in [3.8, 4) is 0 Å². The number of ether oxygens (including phenoxy) is 1. The number of carbonyl (C=O) groups excluding carboxylic acids is 2. The van der Waals surface area contributed by atoms with Gasteiger partial charge in [-0.3, -0.25) is 4.79 Å². The van der Waals surface area contributed by atoms with E-state index >= 15 is 0 Å². The maximum Gasteiger partial charge on any atom is 0.350 e. The zero-order valence-electron chi connectivity index (χ0n) is 10.4. The van der Waals surface area contributed by atoms with E-state index in [0.29, 0.717) is 10.6 Å². The maximum absolute atomic E-state index is 11.8. The van der Waals surface area contributed by atoms with Gasteiger partial charge in [-0.2, -0.15) is 0 Å². The monoisotopic (exact) mass is 278 g/mol. The lowest BCUT2D eigenvalue weighted by atomic mass is 10.2. The van der Waals surface area contributed by atoms with Crippen LogP contribution in [0.25, 0.3) is 10.1 Å². The smallest absolute Gasteiger partial charge is 0.350 e. The number of nitrogens with two attached hydrogens (primary N) is 1. The summed E-state index contributed by atoms with van der Waals surface area (Å²) >= 11 is 1.30. The lowest BCUT2D eigenvalue weighted by Gasteiger charge is -2.05. The van der Waals surface area contributed by atoms with E-state index < -0.39 is 5.97 Å². The number of methoxy groups -OCH3 is 1. The van der Waals surface area contributed by atoms with Gasteiger partial charge in [0, 0.05) is 23.1 Å². The summed E-state index contributed by atoms with van der Waals surface area (Å²) in [4.78, 5) is 23.8. The Morgan fingerprint density at radius 3 is 2.79 bits per heavy atom. The first-order valence-electron chi connectivity index (χ1n) is 5.77. The van der Waals surface area contributed by atoms with Crippen molar-refractivity contribution in [2.75, 3.05) is 19.0 Å². The van der Waals surface area contributed by atoms with Crippen LogP contribution in [0.4, 0.5) is 5.69 Å². The molecule has 0 saturated carbocycles. The van der Waals surface area contributed by atoms with Crippen molar-refractivity contribution in [2.45, 2.75) is 6.42 Å². The van der Waals surface area contributed by atoms with Gasteiger partial charge in [-0.05, 0) is 6.07 Å². The van der Waals surface area contributed by atoms with Crippen LogP contribution in [0.2, 0.25) is 0 Å². The van der Waals surface area contributed by atoms with Crippen molar-refractivity contribution in [1.82, 2.24) is 0 Å². The van der Waals surface area contributed by atoms with E-state index in [1.807, 2.05) is 24.3 Å². The normalized spacial score (nSPS) is 10.4. The van der Waals surface area contributed by atoms with Gasteiger partial charge in [0.25, 0.3) is 0 Å². The number of carbonyl (C=O) groups is 2. The van der Waals surface area contributed by atoms with Crippen LogP contribution in [0, 0.1) is 0 Å². The van der Waals surface area contributed by atoms with Crippen LogP contribution in [0.3, 0.4) is 0 Å². The Kier molecular flexibility index (Phi) is 4.13. The van der Waals surface area contributed by atoms with Crippen molar-refractivity contribution < 1.29 is 14.3 Å². The van der Waals surface area contributed by atoms with Crippen LogP contribution < -0.4 is 11.1 Å². The van der Waals surface area contributed by atoms with E-state index in [2.05, 4.69) is 5.32 Å². The number of anilines is 1. The lowest BCUT2D eigenvalue weighted by Crippen LogP contribution is -2.17. The Hall–Kier alpha value is -1.92.